The highest BCUT2D eigenvalue weighted by Gasteiger charge is 2.25. The minimum absolute atomic E-state index is 0.124. The lowest BCUT2D eigenvalue weighted by Crippen LogP contribution is -2.24. The molecular weight excluding hydrogens is 260 g/mol. The molecule has 18 heavy (non-hydrogen) atoms. The molecule has 0 unspecified atom stereocenters. The van der Waals surface area contributed by atoms with Crippen molar-refractivity contribution in [3.05, 3.63) is 0 Å². The number of carbonyl (C=O) groups excluding carboxylic acids is 2. The molecule has 0 amide bonds. The minimum Gasteiger partial charge on any atom is -0.748 e. The van der Waals surface area contributed by atoms with Crippen LogP contribution in [0.25, 0.3) is 0 Å². The van der Waals surface area contributed by atoms with Gasteiger partial charge in [0.15, 0.2) is 0 Å². The van der Waals surface area contributed by atoms with Crippen molar-refractivity contribution in [1.82, 2.24) is 0 Å². The van der Waals surface area contributed by atoms with Crippen LogP contribution in [0.3, 0.4) is 0 Å². The molecule has 0 N–H and O–H groups in total. The summed E-state index contributed by atoms with van der Waals surface area (Å²) in [6.45, 7) is 0.124. The van der Waals surface area contributed by atoms with Gasteiger partial charge in [0.2, 0.25) is 0 Å². The fourth-order valence-corrected chi connectivity index (χ4v) is 2.40. The van der Waals surface area contributed by atoms with Crippen molar-refractivity contribution in [1.29, 1.82) is 0 Å². The lowest BCUT2D eigenvalue weighted by molar-refractivity contribution is -0.150. The SMILES string of the molecule is O=C1CCC(C(=O)OCCCCS(=O)(=O)[O-])CC1. The van der Waals surface area contributed by atoms with Crippen LogP contribution in [0.2, 0.25) is 0 Å². The second kappa shape index (κ2) is 6.84. The quantitative estimate of drug-likeness (QED) is 0.400. The van der Waals surface area contributed by atoms with Gasteiger partial charge in [-0.3, -0.25) is 9.59 Å². The number of hydrogen-bond acceptors (Lipinski definition) is 6. The van der Waals surface area contributed by atoms with Crippen LogP contribution in [0.4, 0.5) is 0 Å². The van der Waals surface area contributed by atoms with Crippen LogP contribution in [0, 0.1) is 5.92 Å². The van der Waals surface area contributed by atoms with Gasteiger partial charge in [-0.2, -0.15) is 0 Å². The third-order valence-electron chi connectivity index (χ3n) is 2.91. The van der Waals surface area contributed by atoms with E-state index < -0.39 is 15.9 Å². The van der Waals surface area contributed by atoms with Gasteiger partial charge in [0.25, 0.3) is 0 Å². The number of unbranched alkanes of at least 4 members (excludes halogenated alkanes) is 1. The van der Waals surface area contributed by atoms with Crippen LogP contribution in [0.15, 0.2) is 0 Å². The first-order valence-electron chi connectivity index (χ1n) is 6.00. The Morgan fingerprint density at radius 2 is 1.89 bits per heavy atom. The Bertz CT molecular complexity index is 390. The van der Waals surface area contributed by atoms with Crippen LogP contribution in [0.1, 0.15) is 38.5 Å². The third kappa shape index (κ3) is 6.11. The Hall–Kier alpha value is -0.950. The number of rotatable bonds is 6. The van der Waals surface area contributed by atoms with E-state index in [1.807, 2.05) is 0 Å². The third-order valence-corrected chi connectivity index (χ3v) is 3.70. The maximum Gasteiger partial charge on any atom is 0.308 e. The first kappa shape index (κ1) is 15.1. The molecule has 1 fully saturated rings. The summed E-state index contributed by atoms with van der Waals surface area (Å²) in [5.74, 6) is -0.791. The first-order valence-corrected chi connectivity index (χ1v) is 7.58. The summed E-state index contributed by atoms with van der Waals surface area (Å²) >= 11 is 0. The maximum absolute atomic E-state index is 11.6. The smallest absolute Gasteiger partial charge is 0.308 e. The second-order valence-corrected chi connectivity index (χ2v) is 5.97. The van der Waals surface area contributed by atoms with Gasteiger partial charge < -0.3 is 9.29 Å². The van der Waals surface area contributed by atoms with Gasteiger partial charge in [-0.05, 0) is 25.7 Å². The van der Waals surface area contributed by atoms with Crippen LogP contribution in [0.5, 0.6) is 0 Å². The Morgan fingerprint density at radius 1 is 1.28 bits per heavy atom. The lowest BCUT2D eigenvalue weighted by atomic mass is 9.88. The van der Waals surface area contributed by atoms with E-state index in [-0.39, 0.29) is 30.7 Å². The molecular formula is C11H17O6S-. The highest BCUT2D eigenvalue weighted by molar-refractivity contribution is 7.85. The van der Waals surface area contributed by atoms with E-state index in [1.54, 1.807) is 0 Å². The summed E-state index contributed by atoms with van der Waals surface area (Å²) in [5.41, 5.74) is 0. The molecule has 1 rings (SSSR count). The van der Waals surface area contributed by atoms with E-state index in [0.717, 1.165) is 0 Å². The van der Waals surface area contributed by atoms with Crippen LogP contribution < -0.4 is 0 Å². The zero-order valence-electron chi connectivity index (χ0n) is 10.1. The molecule has 0 aromatic rings. The summed E-state index contributed by atoms with van der Waals surface area (Å²) in [4.78, 5) is 22.5. The van der Waals surface area contributed by atoms with Crippen molar-refractivity contribution in [3.63, 3.8) is 0 Å². The molecule has 0 radical (unpaired) electrons. The Labute approximate surface area is 106 Å². The van der Waals surface area contributed by atoms with Crippen LogP contribution in [-0.2, 0) is 24.4 Å². The molecule has 1 aliphatic rings. The van der Waals surface area contributed by atoms with E-state index >= 15 is 0 Å². The van der Waals surface area contributed by atoms with E-state index in [0.29, 0.717) is 32.1 Å². The molecule has 1 saturated carbocycles. The summed E-state index contributed by atoms with van der Waals surface area (Å²) in [6, 6.07) is 0. The highest BCUT2D eigenvalue weighted by Crippen LogP contribution is 2.22. The van der Waals surface area contributed by atoms with E-state index in [4.69, 9.17) is 4.74 Å². The molecule has 0 spiro atoms. The van der Waals surface area contributed by atoms with Crippen LogP contribution >= 0.6 is 0 Å². The Balaban J connectivity index is 2.12. The predicted octanol–water partition coefficient (Wildman–Crippen LogP) is 0.614. The van der Waals surface area contributed by atoms with E-state index in [9.17, 15) is 22.6 Å². The Kier molecular flexibility index (Phi) is 5.74. The van der Waals surface area contributed by atoms with Gasteiger partial charge in [-0.15, -0.1) is 0 Å². The molecule has 6 nitrogen and oxygen atoms in total. The molecule has 0 aromatic carbocycles. The Morgan fingerprint density at radius 3 is 2.44 bits per heavy atom. The molecule has 0 bridgehead atoms. The molecule has 0 heterocycles. The van der Waals surface area contributed by atoms with Gasteiger partial charge in [0, 0.05) is 18.6 Å². The van der Waals surface area contributed by atoms with Crippen molar-refractivity contribution >= 4 is 21.9 Å². The number of Topliss-reactive ketones (excluding diaryl/α,β-unsaturated/α-hetero) is 1. The molecule has 0 aliphatic heterocycles. The van der Waals surface area contributed by atoms with Gasteiger partial charge in [-0.1, -0.05) is 0 Å². The summed E-state index contributed by atoms with van der Waals surface area (Å²) < 4.78 is 35.9. The summed E-state index contributed by atoms with van der Waals surface area (Å²) in [6.07, 6.45) is 2.47. The second-order valence-electron chi connectivity index (χ2n) is 4.45. The average molecular weight is 277 g/mol. The number of ether oxygens (including phenoxy) is 1. The summed E-state index contributed by atoms with van der Waals surface area (Å²) in [5, 5.41) is 0. The van der Waals surface area contributed by atoms with Crippen molar-refractivity contribution in [3.8, 4) is 0 Å². The standard InChI is InChI=1S/C11H18O6S/c12-10-5-3-9(4-6-10)11(13)17-7-1-2-8-18(14,15)16/h9H,1-8H2,(H,14,15,16)/p-1. The average Bonchev–Trinajstić information content (AvgIpc) is 2.27. The zero-order chi connectivity index (χ0) is 13.6. The molecule has 1 aliphatic carbocycles. The number of esters is 1. The van der Waals surface area contributed by atoms with Crippen molar-refractivity contribution in [2.75, 3.05) is 12.4 Å². The molecule has 104 valence electrons. The monoisotopic (exact) mass is 277 g/mol. The number of carbonyl (C=O) groups is 2. The topological polar surface area (TPSA) is 101 Å². The van der Waals surface area contributed by atoms with Gasteiger partial charge in [0.05, 0.1) is 22.6 Å². The highest BCUT2D eigenvalue weighted by atomic mass is 32.2. The molecule has 0 atom stereocenters. The first-order chi connectivity index (χ1) is 8.38. The largest absolute Gasteiger partial charge is 0.748 e. The number of ketones is 1. The van der Waals surface area contributed by atoms with Gasteiger partial charge in [-0.25, -0.2) is 8.42 Å². The minimum atomic E-state index is -4.18. The predicted molar refractivity (Wildman–Crippen MR) is 61.7 cm³/mol. The van der Waals surface area contributed by atoms with E-state index in [2.05, 4.69) is 0 Å². The van der Waals surface area contributed by atoms with Gasteiger partial charge in [0.1, 0.15) is 5.78 Å². The van der Waals surface area contributed by atoms with Crippen LogP contribution in [-0.4, -0.2) is 37.1 Å². The fraction of sp³-hybridized carbons (Fsp3) is 0.818. The zero-order valence-corrected chi connectivity index (χ0v) is 10.9. The lowest BCUT2D eigenvalue weighted by Gasteiger charge is -2.19. The number of hydrogen-bond donors (Lipinski definition) is 0. The molecule has 0 saturated heterocycles. The van der Waals surface area contributed by atoms with Crippen molar-refractivity contribution in [2.24, 2.45) is 5.92 Å². The molecule has 0 aromatic heterocycles. The van der Waals surface area contributed by atoms with Crippen molar-refractivity contribution in [2.45, 2.75) is 38.5 Å². The molecule has 7 heteroatoms. The van der Waals surface area contributed by atoms with E-state index in [1.165, 1.54) is 0 Å². The summed E-state index contributed by atoms with van der Waals surface area (Å²) in [7, 11) is -4.18. The van der Waals surface area contributed by atoms with Gasteiger partial charge >= 0.3 is 5.97 Å². The maximum atomic E-state index is 11.6. The van der Waals surface area contributed by atoms with Crippen molar-refractivity contribution < 1.29 is 27.3 Å². The normalized spacial score (nSPS) is 17.7. The fourth-order valence-electron chi connectivity index (χ4n) is 1.85.